The number of aromatic carboxylic acids is 1. The first-order chi connectivity index (χ1) is 9.99. The van der Waals surface area contributed by atoms with Gasteiger partial charge in [0.05, 0.1) is 21.4 Å². The van der Waals surface area contributed by atoms with Crippen LogP contribution in [-0.2, 0) is 0 Å². The molecule has 1 aromatic heterocycles. The van der Waals surface area contributed by atoms with Gasteiger partial charge >= 0.3 is 5.97 Å². The lowest BCUT2D eigenvalue weighted by Gasteiger charge is -2.09. The highest BCUT2D eigenvalue weighted by Gasteiger charge is 2.23. The Morgan fingerprint density at radius 3 is 2.76 bits per heavy atom. The van der Waals surface area contributed by atoms with Gasteiger partial charge in [0.25, 0.3) is 0 Å². The van der Waals surface area contributed by atoms with E-state index in [0.29, 0.717) is 17.1 Å². The fourth-order valence-electron chi connectivity index (χ4n) is 1.97. The molecule has 3 N–H and O–H groups in total. The molecule has 0 saturated carbocycles. The van der Waals surface area contributed by atoms with E-state index < -0.39 is 5.97 Å². The third-order valence-electron chi connectivity index (χ3n) is 2.94. The number of carbonyl (C=O) groups is 1. The summed E-state index contributed by atoms with van der Waals surface area (Å²) >= 11 is 12.1. The molecule has 0 aliphatic carbocycles. The van der Waals surface area contributed by atoms with Gasteiger partial charge < -0.3 is 20.3 Å². The van der Waals surface area contributed by atoms with Gasteiger partial charge in [-0.3, -0.25) is 0 Å². The maximum absolute atomic E-state index is 11.1. The molecule has 0 radical (unpaired) electrons. The van der Waals surface area contributed by atoms with E-state index in [4.69, 9.17) is 43.5 Å². The van der Waals surface area contributed by atoms with Crippen LogP contribution in [0.1, 0.15) is 10.5 Å². The van der Waals surface area contributed by atoms with Crippen LogP contribution in [0, 0.1) is 0 Å². The van der Waals surface area contributed by atoms with Crippen LogP contribution in [0.5, 0.6) is 11.5 Å². The third-order valence-corrected chi connectivity index (χ3v) is 3.72. The van der Waals surface area contributed by atoms with E-state index in [9.17, 15) is 4.79 Å². The first-order valence-electron chi connectivity index (χ1n) is 5.77. The summed E-state index contributed by atoms with van der Waals surface area (Å²) in [6.07, 6.45) is 0. The molecule has 2 heterocycles. The number of carboxylic acid groups (broad SMARTS) is 1. The van der Waals surface area contributed by atoms with Gasteiger partial charge in [0, 0.05) is 5.56 Å². The number of hydrogen-bond donors (Lipinski definition) is 2. The topological polar surface area (TPSA) is 94.7 Å². The molecular weight excluding hydrogens is 319 g/mol. The molecule has 0 saturated heterocycles. The summed E-state index contributed by atoms with van der Waals surface area (Å²) in [5.41, 5.74) is 6.26. The van der Waals surface area contributed by atoms with Gasteiger partial charge in [-0.05, 0) is 18.2 Å². The zero-order chi connectivity index (χ0) is 15.1. The second-order valence-electron chi connectivity index (χ2n) is 4.23. The summed E-state index contributed by atoms with van der Waals surface area (Å²) in [5.74, 6) is -0.365. The van der Waals surface area contributed by atoms with Gasteiger partial charge in [0.2, 0.25) is 6.79 Å². The predicted octanol–water partition coefficient (Wildman–Crippen LogP) is 3.06. The van der Waals surface area contributed by atoms with Crippen molar-refractivity contribution in [1.29, 1.82) is 0 Å². The summed E-state index contributed by atoms with van der Waals surface area (Å²) in [7, 11) is 0. The molecule has 0 amide bonds. The molecule has 1 aromatic carbocycles. The van der Waals surface area contributed by atoms with E-state index in [1.54, 1.807) is 12.1 Å². The molecule has 1 aliphatic rings. The highest BCUT2D eigenvalue weighted by atomic mass is 35.5. The average Bonchev–Trinajstić information content (AvgIpc) is 2.91. The van der Waals surface area contributed by atoms with Crippen LogP contribution in [-0.4, -0.2) is 22.9 Å². The number of anilines is 1. The molecule has 6 nitrogen and oxygen atoms in total. The molecule has 2 aromatic rings. The number of halogens is 2. The smallest absolute Gasteiger partial charge is 0.356 e. The van der Waals surface area contributed by atoms with Gasteiger partial charge in [0.15, 0.2) is 17.2 Å². The summed E-state index contributed by atoms with van der Waals surface area (Å²) in [6.45, 7) is 0.0784. The van der Waals surface area contributed by atoms with Crippen LogP contribution in [0.25, 0.3) is 11.3 Å². The van der Waals surface area contributed by atoms with E-state index in [1.807, 2.05) is 0 Å². The summed E-state index contributed by atoms with van der Waals surface area (Å²) in [6, 6.07) is 4.77. The molecule has 1 aliphatic heterocycles. The lowest BCUT2D eigenvalue weighted by atomic mass is 10.1. The van der Waals surface area contributed by atoms with Crippen LogP contribution >= 0.6 is 23.2 Å². The van der Waals surface area contributed by atoms with Crippen molar-refractivity contribution in [2.24, 2.45) is 0 Å². The van der Waals surface area contributed by atoms with E-state index in [-0.39, 0.29) is 33.9 Å². The number of pyridine rings is 1. The molecule has 0 atom stereocenters. The quantitative estimate of drug-likeness (QED) is 0.880. The number of rotatable bonds is 2. The van der Waals surface area contributed by atoms with Crippen molar-refractivity contribution in [1.82, 2.24) is 4.98 Å². The van der Waals surface area contributed by atoms with Gasteiger partial charge in [-0.15, -0.1) is 0 Å². The monoisotopic (exact) mass is 326 g/mol. The Kier molecular flexibility index (Phi) is 3.27. The predicted molar refractivity (Wildman–Crippen MR) is 77.2 cm³/mol. The van der Waals surface area contributed by atoms with Crippen LogP contribution in [0.2, 0.25) is 10.0 Å². The average molecular weight is 327 g/mol. The second-order valence-corrected chi connectivity index (χ2v) is 4.98. The first kappa shape index (κ1) is 13.8. The van der Waals surface area contributed by atoms with Crippen molar-refractivity contribution in [2.75, 3.05) is 12.5 Å². The normalized spacial score (nSPS) is 12.5. The molecule has 0 fully saturated rings. The number of fused-ring (bicyclic) bond motifs is 1. The zero-order valence-corrected chi connectivity index (χ0v) is 11.9. The molecule has 0 unspecified atom stereocenters. The van der Waals surface area contributed by atoms with Gasteiger partial charge in [-0.25, -0.2) is 9.78 Å². The molecule has 3 rings (SSSR count). The molecule has 0 bridgehead atoms. The first-order valence-corrected chi connectivity index (χ1v) is 6.52. The van der Waals surface area contributed by atoms with Gasteiger partial charge in [0.1, 0.15) is 0 Å². The van der Waals surface area contributed by atoms with E-state index in [2.05, 4.69) is 4.98 Å². The second kappa shape index (κ2) is 4.98. The van der Waals surface area contributed by atoms with E-state index >= 15 is 0 Å². The maximum atomic E-state index is 11.1. The zero-order valence-electron chi connectivity index (χ0n) is 10.4. The van der Waals surface area contributed by atoms with Crippen molar-refractivity contribution in [2.45, 2.75) is 0 Å². The number of nitrogens with two attached hydrogens (primary N) is 1. The number of aromatic nitrogens is 1. The molecule has 108 valence electrons. The molecule has 0 spiro atoms. The highest BCUT2D eigenvalue weighted by Crippen LogP contribution is 2.44. The number of carboxylic acids is 1. The Bertz CT molecular complexity index is 764. The maximum Gasteiger partial charge on any atom is 0.356 e. The van der Waals surface area contributed by atoms with Crippen molar-refractivity contribution in [3.63, 3.8) is 0 Å². The van der Waals surface area contributed by atoms with E-state index in [0.717, 1.165) is 0 Å². The Labute approximate surface area is 129 Å². The molecule has 8 heteroatoms. The van der Waals surface area contributed by atoms with Gasteiger partial charge in [-0.2, -0.15) is 0 Å². The Balaban J connectivity index is 2.20. The van der Waals surface area contributed by atoms with Crippen LogP contribution < -0.4 is 15.2 Å². The minimum Gasteiger partial charge on any atom is -0.476 e. The summed E-state index contributed by atoms with van der Waals surface area (Å²) in [5, 5.41) is 9.27. The number of hydrogen-bond acceptors (Lipinski definition) is 5. The number of benzene rings is 1. The number of nitrogen functional groups attached to an aromatic ring is 1. The minimum atomic E-state index is -1.27. The van der Waals surface area contributed by atoms with Crippen molar-refractivity contribution >= 4 is 34.9 Å². The largest absolute Gasteiger partial charge is 0.476 e. The van der Waals surface area contributed by atoms with E-state index in [1.165, 1.54) is 6.07 Å². The Morgan fingerprint density at radius 2 is 2.05 bits per heavy atom. The lowest BCUT2D eigenvalue weighted by molar-refractivity contribution is 0.0691. The highest BCUT2D eigenvalue weighted by molar-refractivity contribution is 6.36. The van der Waals surface area contributed by atoms with Crippen LogP contribution in [0.15, 0.2) is 18.2 Å². The third kappa shape index (κ3) is 2.22. The standard InChI is InChI=1S/C13H8Cl2N2O4/c14-9-5(1-2-8-12(9)21-4-20-8)7-3-6(16)10(15)11(17-7)13(18)19/h1-3H,4H2,(H2,16,17)(H,18,19). The summed E-state index contributed by atoms with van der Waals surface area (Å²) < 4.78 is 10.5. The fraction of sp³-hybridized carbons (Fsp3) is 0.0769. The molecular formula is C13H8Cl2N2O4. The number of nitrogens with zero attached hydrogens (tertiary/aromatic N) is 1. The van der Waals surface area contributed by atoms with Crippen LogP contribution in [0.3, 0.4) is 0 Å². The fourth-order valence-corrected chi connectivity index (χ4v) is 2.45. The minimum absolute atomic E-state index is 0.0784. The SMILES string of the molecule is Nc1cc(-c2ccc3c(c2Cl)OCO3)nc(C(=O)O)c1Cl. The molecule has 21 heavy (non-hydrogen) atoms. The summed E-state index contributed by atoms with van der Waals surface area (Å²) in [4.78, 5) is 15.1. The Morgan fingerprint density at radius 1 is 1.29 bits per heavy atom. The van der Waals surface area contributed by atoms with Crippen LogP contribution in [0.4, 0.5) is 5.69 Å². The Hall–Kier alpha value is -2.18. The van der Waals surface area contributed by atoms with Crippen molar-refractivity contribution in [3.05, 3.63) is 33.9 Å². The van der Waals surface area contributed by atoms with Gasteiger partial charge in [-0.1, -0.05) is 23.2 Å². The number of ether oxygens (including phenoxy) is 2. The van der Waals surface area contributed by atoms with Crippen molar-refractivity contribution in [3.8, 4) is 22.8 Å². The van der Waals surface area contributed by atoms with Crippen molar-refractivity contribution < 1.29 is 19.4 Å². The lowest BCUT2D eigenvalue weighted by Crippen LogP contribution is -2.05.